The zero-order chi connectivity index (χ0) is 18.3. The predicted octanol–water partition coefficient (Wildman–Crippen LogP) is 2.55. The SMILES string of the molecule is C[C@]1(C(N)=O)C(=O)Nc2ccc(-c3cnc4c(c3Cl)C3(CC3)CN4)cc21. The Kier molecular flexibility index (Phi) is 2.87. The van der Waals surface area contributed by atoms with Gasteiger partial charge >= 0.3 is 0 Å². The maximum absolute atomic E-state index is 12.3. The molecule has 0 bridgehead atoms. The van der Waals surface area contributed by atoms with Crippen LogP contribution in [0.4, 0.5) is 11.5 Å². The molecule has 1 atom stereocenters. The lowest BCUT2D eigenvalue weighted by Gasteiger charge is -2.18. The van der Waals surface area contributed by atoms with E-state index in [1.807, 2.05) is 12.1 Å². The molecule has 6 nitrogen and oxygen atoms in total. The number of aromatic nitrogens is 1. The van der Waals surface area contributed by atoms with E-state index < -0.39 is 17.2 Å². The Morgan fingerprint density at radius 1 is 1.35 bits per heavy atom. The third-order valence-corrected chi connectivity index (χ3v) is 6.45. The second kappa shape index (κ2) is 4.76. The molecule has 0 radical (unpaired) electrons. The first-order valence-corrected chi connectivity index (χ1v) is 8.94. The molecule has 0 saturated heterocycles. The van der Waals surface area contributed by atoms with E-state index >= 15 is 0 Å². The standard InChI is InChI=1S/C19H17ClN4O2/c1-18(16(21)25)11-6-9(2-3-12(11)24-17(18)26)10-7-22-15-13(14(10)20)19(4-5-19)8-23-15/h2-3,6-7H,4-5,8H2,1H3,(H2,21,25)(H,22,23)(H,24,26)/t18-/m0/s1. The molecule has 2 aliphatic heterocycles. The quantitative estimate of drug-likeness (QED) is 0.709. The fourth-order valence-corrected chi connectivity index (χ4v) is 4.52. The molecule has 1 spiro atoms. The highest BCUT2D eigenvalue weighted by molar-refractivity contribution is 6.34. The molecule has 5 rings (SSSR count). The lowest BCUT2D eigenvalue weighted by atomic mass is 9.82. The molecule has 1 aromatic carbocycles. The summed E-state index contributed by atoms with van der Waals surface area (Å²) >= 11 is 6.77. The van der Waals surface area contributed by atoms with Gasteiger partial charge in [0.1, 0.15) is 5.82 Å². The second-order valence-electron chi connectivity index (χ2n) is 7.55. The van der Waals surface area contributed by atoms with Gasteiger partial charge < -0.3 is 16.4 Å². The van der Waals surface area contributed by atoms with Crippen molar-refractivity contribution in [1.82, 2.24) is 4.98 Å². The van der Waals surface area contributed by atoms with E-state index in [-0.39, 0.29) is 5.41 Å². The number of halogens is 1. The van der Waals surface area contributed by atoms with Crippen molar-refractivity contribution in [3.63, 3.8) is 0 Å². The van der Waals surface area contributed by atoms with Crippen molar-refractivity contribution in [1.29, 1.82) is 0 Å². The molecule has 1 aromatic heterocycles. The highest BCUT2D eigenvalue weighted by Gasteiger charge is 2.51. The summed E-state index contributed by atoms with van der Waals surface area (Å²) in [6, 6.07) is 5.48. The van der Waals surface area contributed by atoms with Gasteiger partial charge in [-0.1, -0.05) is 17.7 Å². The van der Waals surface area contributed by atoms with Gasteiger partial charge in [0.15, 0.2) is 5.41 Å². The van der Waals surface area contributed by atoms with Crippen LogP contribution in [0, 0.1) is 0 Å². The van der Waals surface area contributed by atoms with Crippen molar-refractivity contribution in [3.05, 3.63) is 40.5 Å². The Morgan fingerprint density at radius 3 is 2.81 bits per heavy atom. The monoisotopic (exact) mass is 368 g/mol. The third kappa shape index (κ3) is 1.80. The first kappa shape index (κ1) is 15.6. The lowest BCUT2D eigenvalue weighted by molar-refractivity contribution is -0.131. The van der Waals surface area contributed by atoms with E-state index in [1.54, 1.807) is 19.2 Å². The minimum Gasteiger partial charge on any atom is -0.369 e. The van der Waals surface area contributed by atoms with E-state index in [4.69, 9.17) is 17.3 Å². The van der Waals surface area contributed by atoms with Crippen LogP contribution in [0.2, 0.25) is 5.02 Å². The van der Waals surface area contributed by atoms with E-state index in [9.17, 15) is 9.59 Å². The Morgan fingerprint density at radius 2 is 2.12 bits per heavy atom. The van der Waals surface area contributed by atoms with Crippen molar-refractivity contribution in [3.8, 4) is 11.1 Å². The summed E-state index contributed by atoms with van der Waals surface area (Å²) in [7, 11) is 0. The zero-order valence-corrected chi connectivity index (χ0v) is 14.9. The fraction of sp³-hybridized carbons (Fsp3) is 0.316. The van der Waals surface area contributed by atoms with Crippen LogP contribution in [0.25, 0.3) is 11.1 Å². The minimum atomic E-state index is -1.39. The number of hydrogen-bond donors (Lipinski definition) is 3. The van der Waals surface area contributed by atoms with Crippen molar-refractivity contribution < 1.29 is 9.59 Å². The third-order valence-electron chi connectivity index (χ3n) is 6.06. The van der Waals surface area contributed by atoms with Crippen LogP contribution in [0.3, 0.4) is 0 Å². The molecule has 3 heterocycles. The van der Waals surface area contributed by atoms with Gasteiger partial charge in [0, 0.05) is 40.5 Å². The number of carbonyl (C=O) groups excluding carboxylic acids is 2. The van der Waals surface area contributed by atoms with Crippen LogP contribution in [-0.4, -0.2) is 23.3 Å². The first-order chi connectivity index (χ1) is 12.4. The highest BCUT2D eigenvalue weighted by Crippen LogP contribution is 2.57. The number of anilines is 2. The van der Waals surface area contributed by atoms with E-state index in [0.29, 0.717) is 16.3 Å². The van der Waals surface area contributed by atoms with Gasteiger partial charge in [-0.15, -0.1) is 0 Å². The molecule has 0 unspecified atom stereocenters. The van der Waals surface area contributed by atoms with E-state index in [0.717, 1.165) is 41.9 Å². The number of primary amides is 1. The smallest absolute Gasteiger partial charge is 0.244 e. The Bertz CT molecular complexity index is 1010. The number of pyridine rings is 1. The van der Waals surface area contributed by atoms with Crippen LogP contribution in [0.1, 0.15) is 30.9 Å². The molecule has 1 fully saturated rings. The molecule has 1 aliphatic carbocycles. The average molecular weight is 369 g/mol. The number of amides is 2. The number of benzene rings is 1. The molecular weight excluding hydrogens is 352 g/mol. The molecule has 132 valence electrons. The number of nitrogens with two attached hydrogens (primary N) is 1. The Balaban J connectivity index is 1.68. The Labute approximate surface area is 155 Å². The van der Waals surface area contributed by atoms with Gasteiger partial charge in [-0.3, -0.25) is 9.59 Å². The number of carbonyl (C=O) groups is 2. The predicted molar refractivity (Wildman–Crippen MR) is 99.3 cm³/mol. The van der Waals surface area contributed by atoms with Crippen molar-refractivity contribution in [2.45, 2.75) is 30.6 Å². The number of nitrogens with one attached hydrogen (secondary N) is 2. The molecule has 2 amide bonds. The highest BCUT2D eigenvalue weighted by atomic mass is 35.5. The summed E-state index contributed by atoms with van der Waals surface area (Å²) in [6.07, 6.45) is 3.96. The maximum atomic E-state index is 12.3. The van der Waals surface area contributed by atoms with E-state index in [1.165, 1.54) is 0 Å². The van der Waals surface area contributed by atoms with Crippen LogP contribution in [0.15, 0.2) is 24.4 Å². The summed E-state index contributed by atoms with van der Waals surface area (Å²) in [5, 5.41) is 6.76. The van der Waals surface area contributed by atoms with Crippen molar-refractivity contribution >= 4 is 34.9 Å². The normalized spacial score (nSPS) is 24.0. The summed E-state index contributed by atoms with van der Waals surface area (Å²) in [4.78, 5) is 28.8. The number of fused-ring (bicyclic) bond motifs is 3. The topological polar surface area (TPSA) is 97.1 Å². The molecule has 2 aromatic rings. The van der Waals surface area contributed by atoms with Gasteiger partial charge in [0.2, 0.25) is 11.8 Å². The van der Waals surface area contributed by atoms with Crippen molar-refractivity contribution in [2.24, 2.45) is 5.73 Å². The average Bonchev–Trinajstić information content (AvgIpc) is 3.22. The summed E-state index contributed by atoms with van der Waals surface area (Å²) in [6.45, 7) is 2.42. The van der Waals surface area contributed by atoms with Gasteiger partial charge in [-0.05, 0) is 37.5 Å². The number of hydrogen-bond acceptors (Lipinski definition) is 4. The van der Waals surface area contributed by atoms with Crippen LogP contribution in [-0.2, 0) is 20.4 Å². The molecule has 7 heteroatoms. The maximum Gasteiger partial charge on any atom is 0.244 e. The molecule has 3 aliphatic rings. The number of nitrogens with zero attached hydrogens (tertiary/aromatic N) is 1. The first-order valence-electron chi connectivity index (χ1n) is 8.56. The van der Waals surface area contributed by atoms with Crippen LogP contribution < -0.4 is 16.4 Å². The summed E-state index contributed by atoms with van der Waals surface area (Å²) < 4.78 is 0. The zero-order valence-electron chi connectivity index (χ0n) is 14.1. The second-order valence-corrected chi connectivity index (χ2v) is 7.93. The van der Waals surface area contributed by atoms with Crippen LogP contribution in [0.5, 0.6) is 0 Å². The number of rotatable bonds is 2. The van der Waals surface area contributed by atoms with E-state index in [2.05, 4.69) is 15.6 Å². The summed E-state index contributed by atoms with van der Waals surface area (Å²) in [5.74, 6) is -0.224. The van der Waals surface area contributed by atoms with Gasteiger partial charge in [0.05, 0.1) is 5.02 Å². The largest absolute Gasteiger partial charge is 0.369 e. The fourth-order valence-electron chi connectivity index (χ4n) is 4.08. The lowest BCUT2D eigenvalue weighted by Crippen LogP contribution is -2.44. The molecule has 1 saturated carbocycles. The minimum absolute atomic E-state index is 0.116. The van der Waals surface area contributed by atoms with Crippen LogP contribution >= 0.6 is 11.6 Å². The van der Waals surface area contributed by atoms with Gasteiger partial charge in [-0.2, -0.15) is 0 Å². The molecule has 4 N–H and O–H groups in total. The van der Waals surface area contributed by atoms with Gasteiger partial charge in [-0.25, -0.2) is 4.98 Å². The van der Waals surface area contributed by atoms with Gasteiger partial charge in [0.25, 0.3) is 0 Å². The Hall–Kier alpha value is -2.60. The molecular formula is C19H17ClN4O2. The molecule has 26 heavy (non-hydrogen) atoms. The summed E-state index contributed by atoms with van der Waals surface area (Å²) in [5.41, 5.74) is 8.13. The van der Waals surface area contributed by atoms with Crippen molar-refractivity contribution in [2.75, 3.05) is 17.2 Å².